The lowest BCUT2D eigenvalue weighted by molar-refractivity contribution is 0.100. The van der Waals surface area contributed by atoms with Crippen molar-refractivity contribution in [2.75, 3.05) is 17.7 Å². The van der Waals surface area contributed by atoms with Gasteiger partial charge in [-0.05, 0) is 31.5 Å². The van der Waals surface area contributed by atoms with Crippen molar-refractivity contribution in [2.24, 2.45) is 5.73 Å². The fourth-order valence-electron chi connectivity index (χ4n) is 2.22. The van der Waals surface area contributed by atoms with E-state index in [9.17, 15) is 4.79 Å². The lowest BCUT2D eigenvalue weighted by Crippen LogP contribution is -2.20. The summed E-state index contributed by atoms with van der Waals surface area (Å²) in [4.78, 5) is 17.6. The quantitative estimate of drug-likeness (QED) is 0.894. The van der Waals surface area contributed by atoms with Gasteiger partial charge < -0.3 is 16.4 Å². The third-order valence-electron chi connectivity index (χ3n) is 3.18. The van der Waals surface area contributed by atoms with Crippen molar-refractivity contribution >= 4 is 23.1 Å². The summed E-state index contributed by atoms with van der Waals surface area (Å²) < 4.78 is 0. The molecule has 0 radical (unpaired) electrons. The van der Waals surface area contributed by atoms with Crippen LogP contribution in [0.5, 0.6) is 0 Å². The van der Waals surface area contributed by atoms with E-state index in [-0.39, 0.29) is 0 Å². The maximum atomic E-state index is 11.5. The Bertz CT molecular complexity index is 667. The van der Waals surface area contributed by atoms with E-state index in [1.165, 1.54) is 11.8 Å². The van der Waals surface area contributed by atoms with E-state index in [4.69, 9.17) is 11.5 Å². The molecule has 104 valence electrons. The molecule has 0 aliphatic heterocycles. The van der Waals surface area contributed by atoms with Crippen LogP contribution >= 0.6 is 0 Å². The fourth-order valence-corrected chi connectivity index (χ4v) is 2.22. The molecule has 1 aromatic carbocycles. The largest absolute Gasteiger partial charge is 0.397 e. The highest BCUT2D eigenvalue weighted by molar-refractivity contribution is 5.99. The number of aromatic nitrogens is 1. The van der Waals surface area contributed by atoms with E-state index in [1.54, 1.807) is 6.07 Å². The molecule has 0 fully saturated rings. The van der Waals surface area contributed by atoms with Gasteiger partial charge in [0, 0.05) is 12.7 Å². The third-order valence-corrected chi connectivity index (χ3v) is 3.18. The van der Waals surface area contributed by atoms with E-state index in [1.807, 2.05) is 37.9 Å². The second-order valence-corrected chi connectivity index (χ2v) is 4.85. The molecule has 0 atom stereocenters. The third kappa shape index (κ3) is 2.56. The number of amides is 1. The Balaban J connectivity index is 2.53. The highest BCUT2D eigenvalue weighted by Gasteiger charge is 2.16. The molecule has 0 saturated carbocycles. The van der Waals surface area contributed by atoms with Crippen molar-refractivity contribution in [2.45, 2.75) is 13.8 Å². The molecule has 0 spiro atoms. The van der Waals surface area contributed by atoms with Crippen molar-refractivity contribution in [1.29, 1.82) is 0 Å². The molecule has 0 saturated heterocycles. The van der Waals surface area contributed by atoms with Gasteiger partial charge in [-0.15, -0.1) is 0 Å². The van der Waals surface area contributed by atoms with Gasteiger partial charge in [0.25, 0.3) is 5.91 Å². The van der Waals surface area contributed by atoms with Crippen LogP contribution in [-0.4, -0.2) is 17.9 Å². The summed E-state index contributed by atoms with van der Waals surface area (Å²) in [5, 5.41) is 0. The predicted octanol–water partition coefficient (Wildman–Crippen LogP) is 2.15. The molecule has 4 N–H and O–H groups in total. The minimum Gasteiger partial charge on any atom is -0.397 e. The van der Waals surface area contributed by atoms with Crippen LogP contribution in [0, 0.1) is 13.8 Å². The Morgan fingerprint density at radius 3 is 2.55 bits per heavy atom. The first-order valence-corrected chi connectivity index (χ1v) is 6.26. The Hall–Kier alpha value is -2.56. The van der Waals surface area contributed by atoms with Crippen molar-refractivity contribution in [3.63, 3.8) is 0 Å². The van der Waals surface area contributed by atoms with Crippen molar-refractivity contribution in [3.8, 4) is 0 Å². The molecule has 5 nitrogen and oxygen atoms in total. The highest BCUT2D eigenvalue weighted by atomic mass is 16.1. The Labute approximate surface area is 118 Å². The average molecular weight is 270 g/mol. The normalized spacial score (nSPS) is 10.3. The molecule has 1 amide bonds. The number of hydrogen-bond donors (Lipinski definition) is 2. The maximum absolute atomic E-state index is 11.5. The summed E-state index contributed by atoms with van der Waals surface area (Å²) in [6.45, 7) is 4.05. The molecular formula is C15H18N4O. The topological polar surface area (TPSA) is 85.2 Å². The number of nitrogens with two attached hydrogens (primary N) is 2. The number of pyridine rings is 1. The van der Waals surface area contributed by atoms with Crippen molar-refractivity contribution in [1.82, 2.24) is 4.98 Å². The highest BCUT2D eigenvalue weighted by Crippen LogP contribution is 2.29. The summed E-state index contributed by atoms with van der Waals surface area (Å²) in [6.07, 6.45) is 1.52. The smallest absolute Gasteiger partial charge is 0.252 e. The molecular weight excluding hydrogens is 252 g/mol. The van der Waals surface area contributed by atoms with E-state index >= 15 is 0 Å². The number of hydrogen-bond acceptors (Lipinski definition) is 4. The van der Waals surface area contributed by atoms with Gasteiger partial charge in [-0.3, -0.25) is 4.79 Å². The van der Waals surface area contributed by atoms with Gasteiger partial charge in [0.1, 0.15) is 5.82 Å². The first-order valence-electron chi connectivity index (χ1n) is 6.26. The van der Waals surface area contributed by atoms with Gasteiger partial charge in [0.2, 0.25) is 0 Å². The number of carbonyl (C=O) groups excluding carboxylic acids is 1. The molecule has 0 bridgehead atoms. The van der Waals surface area contributed by atoms with Crippen LogP contribution in [0.3, 0.4) is 0 Å². The SMILES string of the molecule is Cc1ccc(N(C)c2ncc(N)cc2C(N)=O)c(C)c1. The summed E-state index contributed by atoms with van der Waals surface area (Å²) in [6, 6.07) is 7.63. The molecule has 0 aliphatic rings. The van der Waals surface area contributed by atoms with Crippen LogP contribution < -0.4 is 16.4 Å². The summed E-state index contributed by atoms with van der Waals surface area (Å²) >= 11 is 0. The van der Waals surface area contributed by atoms with E-state index < -0.39 is 5.91 Å². The van der Waals surface area contributed by atoms with Gasteiger partial charge in [-0.1, -0.05) is 17.7 Å². The standard InChI is InChI=1S/C15H18N4O/c1-9-4-5-13(10(2)6-9)19(3)15-12(14(17)20)7-11(16)8-18-15/h4-8H,16H2,1-3H3,(H2,17,20). The number of rotatable bonds is 3. The Morgan fingerprint density at radius 1 is 1.25 bits per heavy atom. The monoisotopic (exact) mass is 270 g/mol. The number of aryl methyl sites for hydroxylation is 2. The van der Waals surface area contributed by atoms with Crippen LogP contribution in [0.15, 0.2) is 30.5 Å². The van der Waals surface area contributed by atoms with Crippen LogP contribution in [0.25, 0.3) is 0 Å². The van der Waals surface area contributed by atoms with Crippen LogP contribution in [0.1, 0.15) is 21.5 Å². The molecule has 1 heterocycles. The summed E-state index contributed by atoms with van der Waals surface area (Å²) in [5.41, 5.74) is 15.0. The number of nitrogen functional groups attached to an aromatic ring is 1. The molecule has 0 unspecified atom stereocenters. The number of nitrogens with zero attached hydrogens (tertiary/aromatic N) is 2. The number of carbonyl (C=O) groups is 1. The van der Waals surface area contributed by atoms with E-state index in [0.29, 0.717) is 17.1 Å². The van der Waals surface area contributed by atoms with Gasteiger partial charge in [0.05, 0.1) is 17.4 Å². The zero-order chi connectivity index (χ0) is 14.9. The lowest BCUT2D eigenvalue weighted by atomic mass is 10.1. The average Bonchev–Trinajstić information content (AvgIpc) is 2.37. The van der Waals surface area contributed by atoms with Crippen LogP contribution in [0.2, 0.25) is 0 Å². The number of benzene rings is 1. The molecule has 5 heteroatoms. The maximum Gasteiger partial charge on any atom is 0.252 e. The van der Waals surface area contributed by atoms with Gasteiger partial charge in [0.15, 0.2) is 0 Å². The molecule has 20 heavy (non-hydrogen) atoms. The number of primary amides is 1. The van der Waals surface area contributed by atoms with E-state index in [2.05, 4.69) is 11.1 Å². The lowest BCUT2D eigenvalue weighted by Gasteiger charge is -2.22. The second-order valence-electron chi connectivity index (χ2n) is 4.85. The van der Waals surface area contributed by atoms with Crippen molar-refractivity contribution < 1.29 is 4.79 Å². The Kier molecular flexibility index (Phi) is 3.61. The van der Waals surface area contributed by atoms with Gasteiger partial charge >= 0.3 is 0 Å². The first-order chi connectivity index (χ1) is 9.40. The first kappa shape index (κ1) is 13.9. The Morgan fingerprint density at radius 2 is 1.95 bits per heavy atom. The predicted molar refractivity (Wildman–Crippen MR) is 81.1 cm³/mol. The zero-order valence-electron chi connectivity index (χ0n) is 11.8. The molecule has 2 aromatic rings. The van der Waals surface area contributed by atoms with E-state index in [0.717, 1.165) is 11.3 Å². The second kappa shape index (κ2) is 5.21. The zero-order valence-corrected chi connectivity index (χ0v) is 11.8. The van der Waals surface area contributed by atoms with Gasteiger partial charge in [-0.25, -0.2) is 4.98 Å². The summed E-state index contributed by atoms with van der Waals surface area (Å²) in [7, 11) is 1.85. The fraction of sp³-hybridized carbons (Fsp3) is 0.200. The minimum absolute atomic E-state index is 0.312. The van der Waals surface area contributed by atoms with Crippen LogP contribution in [-0.2, 0) is 0 Å². The molecule has 0 aliphatic carbocycles. The molecule has 2 rings (SSSR count). The van der Waals surface area contributed by atoms with Gasteiger partial charge in [-0.2, -0.15) is 0 Å². The molecule has 1 aromatic heterocycles. The number of anilines is 3. The van der Waals surface area contributed by atoms with Crippen molar-refractivity contribution in [3.05, 3.63) is 47.2 Å². The van der Waals surface area contributed by atoms with Crippen LogP contribution in [0.4, 0.5) is 17.2 Å². The summed E-state index contributed by atoms with van der Waals surface area (Å²) in [5.74, 6) is -0.0462. The minimum atomic E-state index is -0.545.